The maximum absolute atomic E-state index is 12.0. The van der Waals surface area contributed by atoms with Gasteiger partial charge in [0.1, 0.15) is 0 Å². The fraction of sp³-hybridized carbons (Fsp3) is 0.429. The van der Waals surface area contributed by atoms with Crippen LogP contribution in [0, 0.1) is 12.3 Å². The van der Waals surface area contributed by atoms with Crippen molar-refractivity contribution in [3.05, 3.63) is 23.8 Å². The van der Waals surface area contributed by atoms with E-state index in [1.807, 2.05) is 39.8 Å². The molecule has 1 amide bonds. The Morgan fingerprint density at radius 3 is 2.74 bits per heavy atom. The number of benzene rings is 1. The minimum absolute atomic E-state index is 0.191. The average molecular weight is 277 g/mol. The highest BCUT2D eigenvalue weighted by molar-refractivity contribution is 7.22. The van der Waals surface area contributed by atoms with Gasteiger partial charge in [-0.05, 0) is 30.0 Å². The topological polar surface area (TPSA) is 68.0 Å². The molecule has 102 valence electrons. The van der Waals surface area contributed by atoms with E-state index in [1.165, 1.54) is 16.9 Å². The lowest BCUT2D eigenvalue weighted by Gasteiger charge is -2.25. The molecule has 3 N–H and O–H groups in total. The lowest BCUT2D eigenvalue weighted by atomic mass is 9.87. The minimum Gasteiger partial charge on any atom is -0.319 e. The van der Waals surface area contributed by atoms with Gasteiger partial charge in [-0.2, -0.15) is 0 Å². The Bertz CT molecular complexity index is 613. The SMILES string of the molecule is Cc1ccc2nc(NC(=O)C(N)C(C)(C)C)sc2c1. The van der Waals surface area contributed by atoms with Gasteiger partial charge in [0.05, 0.1) is 16.3 Å². The number of aromatic nitrogens is 1. The normalized spacial score (nSPS) is 13.5. The smallest absolute Gasteiger partial charge is 0.243 e. The van der Waals surface area contributed by atoms with E-state index in [0.717, 1.165) is 10.2 Å². The highest BCUT2D eigenvalue weighted by Crippen LogP contribution is 2.27. The number of hydrogen-bond donors (Lipinski definition) is 2. The van der Waals surface area contributed by atoms with Crippen molar-refractivity contribution in [1.29, 1.82) is 0 Å². The fourth-order valence-corrected chi connectivity index (χ4v) is 2.63. The Morgan fingerprint density at radius 2 is 2.11 bits per heavy atom. The summed E-state index contributed by atoms with van der Waals surface area (Å²) in [5.41, 5.74) is 7.74. The van der Waals surface area contributed by atoms with Crippen molar-refractivity contribution in [2.24, 2.45) is 11.1 Å². The number of nitrogens with zero attached hydrogens (tertiary/aromatic N) is 1. The van der Waals surface area contributed by atoms with E-state index in [9.17, 15) is 4.79 Å². The highest BCUT2D eigenvalue weighted by atomic mass is 32.1. The van der Waals surface area contributed by atoms with Gasteiger partial charge >= 0.3 is 0 Å². The van der Waals surface area contributed by atoms with Gasteiger partial charge in [-0.3, -0.25) is 4.79 Å². The van der Waals surface area contributed by atoms with E-state index in [1.54, 1.807) is 0 Å². The van der Waals surface area contributed by atoms with Crippen LogP contribution >= 0.6 is 11.3 Å². The Hall–Kier alpha value is -1.46. The summed E-state index contributed by atoms with van der Waals surface area (Å²) in [5, 5.41) is 3.40. The summed E-state index contributed by atoms with van der Waals surface area (Å²) in [6.45, 7) is 7.86. The maximum Gasteiger partial charge on any atom is 0.243 e. The highest BCUT2D eigenvalue weighted by Gasteiger charge is 2.27. The number of anilines is 1. The molecule has 1 aromatic heterocycles. The Labute approximate surface area is 117 Å². The number of amides is 1. The molecule has 4 nitrogen and oxygen atoms in total. The molecular weight excluding hydrogens is 258 g/mol. The fourth-order valence-electron chi connectivity index (χ4n) is 1.66. The monoisotopic (exact) mass is 277 g/mol. The number of fused-ring (bicyclic) bond motifs is 1. The van der Waals surface area contributed by atoms with Gasteiger partial charge in [0.2, 0.25) is 5.91 Å². The number of carbonyl (C=O) groups excluding carboxylic acids is 1. The van der Waals surface area contributed by atoms with E-state index >= 15 is 0 Å². The number of nitrogens with one attached hydrogen (secondary N) is 1. The van der Waals surface area contributed by atoms with Crippen LogP contribution in [0.1, 0.15) is 26.3 Å². The summed E-state index contributed by atoms with van der Waals surface area (Å²) in [5.74, 6) is -0.191. The van der Waals surface area contributed by atoms with Crippen LogP contribution in [-0.2, 0) is 4.79 Å². The first-order valence-corrected chi connectivity index (χ1v) is 7.02. The molecule has 1 atom stereocenters. The molecule has 1 heterocycles. The van der Waals surface area contributed by atoms with E-state index in [2.05, 4.69) is 16.4 Å². The molecular formula is C14H19N3OS. The lowest BCUT2D eigenvalue weighted by Crippen LogP contribution is -2.45. The third-order valence-corrected chi connectivity index (χ3v) is 3.92. The standard InChI is InChI=1S/C14H19N3OS/c1-8-5-6-9-10(7-8)19-13(16-9)17-12(18)11(15)14(2,3)4/h5-7,11H,15H2,1-4H3,(H,16,17,18). The summed E-state index contributed by atoms with van der Waals surface area (Å²) in [6, 6.07) is 5.47. The minimum atomic E-state index is -0.554. The number of rotatable bonds is 2. The quantitative estimate of drug-likeness (QED) is 0.887. The summed E-state index contributed by atoms with van der Waals surface area (Å²) in [6.07, 6.45) is 0. The van der Waals surface area contributed by atoms with E-state index in [4.69, 9.17) is 5.73 Å². The molecule has 5 heteroatoms. The molecule has 1 unspecified atom stereocenters. The molecule has 0 aliphatic heterocycles. The molecule has 0 spiro atoms. The number of nitrogens with two attached hydrogens (primary N) is 1. The Balaban J connectivity index is 2.20. The van der Waals surface area contributed by atoms with Gasteiger partial charge < -0.3 is 11.1 Å². The van der Waals surface area contributed by atoms with E-state index in [-0.39, 0.29) is 11.3 Å². The van der Waals surface area contributed by atoms with Gasteiger partial charge in [-0.15, -0.1) is 0 Å². The predicted molar refractivity (Wildman–Crippen MR) is 80.4 cm³/mol. The van der Waals surface area contributed by atoms with Gasteiger partial charge in [0.25, 0.3) is 0 Å². The van der Waals surface area contributed by atoms with Crippen LogP contribution in [0.25, 0.3) is 10.2 Å². The van der Waals surface area contributed by atoms with Crippen molar-refractivity contribution in [3.63, 3.8) is 0 Å². The third kappa shape index (κ3) is 3.11. The number of thiazole rings is 1. The van der Waals surface area contributed by atoms with Crippen LogP contribution in [0.4, 0.5) is 5.13 Å². The van der Waals surface area contributed by atoms with Crippen molar-refractivity contribution < 1.29 is 4.79 Å². The van der Waals surface area contributed by atoms with Crippen LogP contribution in [0.15, 0.2) is 18.2 Å². The summed E-state index contributed by atoms with van der Waals surface area (Å²) in [7, 11) is 0. The molecule has 0 aliphatic rings. The van der Waals surface area contributed by atoms with Crippen LogP contribution in [0.5, 0.6) is 0 Å². The molecule has 1 aromatic carbocycles. The summed E-state index contributed by atoms with van der Waals surface area (Å²) >= 11 is 1.47. The van der Waals surface area contributed by atoms with Crippen molar-refractivity contribution >= 4 is 32.6 Å². The van der Waals surface area contributed by atoms with Crippen molar-refractivity contribution in [1.82, 2.24) is 4.98 Å². The molecule has 0 bridgehead atoms. The van der Waals surface area contributed by atoms with Crippen molar-refractivity contribution in [3.8, 4) is 0 Å². The van der Waals surface area contributed by atoms with E-state index < -0.39 is 6.04 Å². The zero-order chi connectivity index (χ0) is 14.2. The zero-order valence-corrected chi connectivity index (χ0v) is 12.5. The average Bonchev–Trinajstić information content (AvgIpc) is 2.67. The summed E-state index contributed by atoms with van der Waals surface area (Å²) in [4.78, 5) is 16.4. The molecule has 0 aliphatic carbocycles. The van der Waals surface area contributed by atoms with Crippen LogP contribution in [-0.4, -0.2) is 16.9 Å². The van der Waals surface area contributed by atoms with Gasteiger partial charge in [0, 0.05) is 0 Å². The van der Waals surface area contributed by atoms with Gasteiger partial charge in [0.15, 0.2) is 5.13 Å². The number of hydrogen-bond acceptors (Lipinski definition) is 4. The van der Waals surface area contributed by atoms with Crippen LogP contribution in [0.2, 0.25) is 0 Å². The Kier molecular flexibility index (Phi) is 3.60. The van der Waals surface area contributed by atoms with Crippen LogP contribution in [0.3, 0.4) is 0 Å². The third-order valence-electron chi connectivity index (χ3n) is 2.99. The molecule has 0 saturated heterocycles. The second kappa shape index (κ2) is 4.90. The maximum atomic E-state index is 12.0. The number of aryl methyl sites for hydroxylation is 1. The predicted octanol–water partition coefficient (Wildman–Crippen LogP) is 2.92. The lowest BCUT2D eigenvalue weighted by molar-refractivity contribution is -0.119. The van der Waals surface area contributed by atoms with Gasteiger partial charge in [-0.1, -0.05) is 38.2 Å². The number of carbonyl (C=O) groups is 1. The second-order valence-corrected chi connectivity index (χ2v) is 6.85. The first-order valence-electron chi connectivity index (χ1n) is 6.21. The molecule has 19 heavy (non-hydrogen) atoms. The van der Waals surface area contributed by atoms with Crippen molar-refractivity contribution in [2.75, 3.05) is 5.32 Å². The van der Waals surface area contributed by atoms with Crippen molar-refractivity contribution in [2.45, 2.75) is 33.7 Å². The molecule has 2 rings (SSSR count). The zero-order valence-electron chi connectivity index (χ0n) is 11.7. The second-order valence-electron chi connectivity index (χ2n) is 5.82. The molecule has 0 radical (unpaired) electrons. The first-order chi connectivity index (χ1) is 8.77. The first kappa shape index (κ1) is 14.0. The largest absolute Gasteiger partial charge is 0.319 e. The molecule has 0 saturated carbocycles. The summed E-state index contributed by atoms with van der Waals surface area (Å²) < 4.78 is 1.07. The Morgan fingerprint density at radius 1 is 1.42 bits per heavy atom. The van der Waals surface area contributed by atoms with E-state index in [0.29, 0.717) is 5.13 Å². The van der Waals surface area contributed by atoms with Gasteiger partial charge in [-0.25, -0.2) is 4.98 Å². The molecule has 2 aromatic rings. The van der Waals surface area contributed by atoms with Crippen LogP contribution < -0.4 is 11.1 Å². The molecule has 0 fully saturated rings.